The van der Waals surface area contributed by atoms with Gasteiger partial charge in [0.05, 0.1) is 31.6 Å². The lowest BCUT2D eigenvalue weighted by Gasteiger charge is -2.11. The smallest absolute Gasteiger partial charge is 0.263 e. The fraction of sp³-hybridized carbons (Fsp3) is 0.286. The zero-order valence-corrected chi connectivity index (χ0v) is 21.8. The number of hydrogen-bond donors (Lipinski definition) is 1. The van der Waals surface area contributed by atoms with E-state index in [1.54, 1.807) is 13.2 Å². The summed E-state index contributed by atoms with van der Waals surface area (Å²) in [5.41, 5.74) is 4.69. The quantitative estimate of drug-likeness (QED) is 0.157. The summed E-state index contributed by atoms with van der Waals surface area (Å²) >= 11 is 1.41. The molecule has 1 amide bonds. The molecule has 0 radical (unpaired) electrons. The molecule has 4 rings (SSSR count). The van der Waals surface area contributed by atoms with Crippen LogP contribution >= 0.6 is 11.3 Å². The van der Waals surface area contributed by atoms with Crippen molar-refractivity contribution in [2.45, 2.75) is 39.2 Å². The summed E-state index contributed by atoms with van der Waals surface area (Å²) in [5.74, 6) is 0.836. The minimum Gasteiger partial charge on any atom is -0.493 e. The fourth-order valence-corrected chi connectivity index (χ4v) is 4.78. The highest BCUT2D eigenvalue weighted by atomic mass is 32.1. The predicted molar refractivity (Wildman–Crippen MR) is 148 cm³/mol. The molecule has 0 unspecified atom stereocenters. The van der Waals surface area contributed by atoms with E-state index in [-0.39, 0.29) is 12.1 Å². The van der Waals surface area contributed by atoms with Crippen LogP contribution < -0.4 is 20.5 Å². The first-order chi connectivity index (χ1) is 18.1. The summed E-state index contributed by atoms with van der Waals surface area (Å²) in [4.78, 5) is 30.6. The van der Waals surface area contributed by atoms with Crippen LogP contribution in [0.15, 0.2) is 70.1 Å². The number of methoxy groups -OCH3 is 1. The number of fused-ring (bicyclic) bond motifs is 1. The van der Waals surface area contributed by atoms with Crippen LogP contribution in [-0.4, -0.2) is 35.4 Å². The Balaban J connectivity index is 1.39. The lowest BCUT2D eigenvalue weighted by atomic mass is 10.1. The van der Waals surface area contributed by atoms with Gasteiger partial charge in [0.1, 0.15) is 11.4 Å². The van der Waals surface area contributed by atoms with Crippen molar-refractivity contribution in [3.05, 3.63) is 76.2 Å². The number of thiophene rings is 1. The Morgan fingerprint density at radius 1 is 1.14 bits per heavy atom. The van der Waals surface area contributed by atoms with Crippen LogP contribution in [0, 0.1) is 0 Å². The van der Waals surface area contributed by atoms with Gasteiger partial charge < -0.3 is 9.47 Å². The molecule has 0 bridgehead atoms. The standard InChI is InChI=1S/C28H30N4O4S/c1-3-4-5-9-14-36-23-13-12-20(15-24(23)35-2)16-30-31-25(33)17-32-19-29-27-26(28(32)34)22(18-37-27)21-10-7-6-8-11-21/h6-8,10-13,15-16,18-19H,3-5,9,14,17H2,1-2H3,(H,31,33). The first-order valence-corrected chi connectivity index (χ1v) is 13.1. The number of aromatic nitrogens is 2. The highest BCUT2D eigenvalue weighted by molar-refractivity contribution is 7.17. The molecule has 0 fully saturated rings. The number of hydrogen-bond acceptors (Lipinski definition) is 7. The maximum atomic E-state index is 13.1. The van der Waals surface area contributed by atoms with E-state index in [2.05, 4.69) is 22.4 Å². The largest absolute Gasteiger partial charge is 0.493 e. The Morgan fingerprint density at radius 2 is 1.97 bits per heavy atom. The van der Waals surface area contributed by atoms with Gasteiger partial charge in [-0.15, -0.1) is 11.3 Å². The summed E-state index contributed by atoms with van der Waals surface area (Å²) in [7, 11) is 1.58. The SMILES string of the molecule is CCCCCCOc1ccc(C=NNC(=O)Cn2cnc3scc(-c4ccccc4)c3c2=O)cc1OC. The number of nitrogens with one attached hydrogen (secondary N) is 1. The number of carbonyl (C=O) groups is 1. The van der Waals surface area contributed by atoms with E-state index >= 15 is 0 Å². The zero-order chi connectivity index (χ0) is 26.0. The highest BCUT2D eigenvalue weighted by Crippen LogP contribution is 2.30. The lowest BCUT2D eigenvalue weighted by Crippen LogP contribution is -2.30. The molecule has 1 N–H and O–H groups in total. The van der Waals surface area contributed by atoms with E-state index in [1.807, 2.05) is 47.8 Å². The average Bonchev–Trinajstić information content (AvgIpc) is 3.36. The lowest BCUT2D eigenvalue weighted by molar-refractivity contribution is -0.121. The Labute approximate surface area is 219 Å². The van der Waals surface area contributed by atoms with E-state index in [4.69, 9.17) is 9.47 Å². The van der Waals surface area contributed by atoms with Gasteiger partial charge in [0.25, 0.3) is 11.5 Å². The van der Waals surface area contributed by atoms with Crippen LogP contribution in [0.4, 0.5) is 0 Å². The maximum Gasteiger partial charge on any atom is 0.263 e. The van der Waals surface area contributed by atoms with Gasteiger partial charge in [-0.05, 0) is 35.7 Å². The third kappa shape index (κ3) is 6.62. The molecule has 0 aliphatic rings. The Kier molecular flexibility index (Phi) is 9.04. The van der Waals surface area contributed by atoms with E-state index in [9.17, 15) is 9.59 Å². The summed E-state index contributed by atoms with van der Waals surface area (Å²) < 4.78 is 12.6. The predicted octanol–water partition coefficient (Wildman–Crippen LogP) is 5.24. The van der Waals surface area contributed by atoms with Crippen molar-refractivity contribution in [2.75, 3.05) is 13.7 Å². The number of hydrazone groups is 1. The zero-order valence-electron chi connectivity index (χ0n) is 21.0. The van der Waals surface area contributed by atoms with Crippen LogP contribution in [0.5, 0.6) is 11.5 Å². The molecule has 8 nitrogen and oxygen atoms in total. The summed E-state index contributed by atoms with van der Waals surface area (Å²) in [5, 5.41) is 6.46. The van der Waals surface area contributed by atoms with Crippen LogP contribution in [0.1, 0.15) is 38.2 Å². The Hall–Kier alpha value is -3.98. The van der Waals surface area contributed by atoms with Crippen molar-refractivity contribution in [1.82, 2.24) is 15.0 Å². The molecule has 4 aromatic rings. The van der Waals surface area contributed by atoms with Crippen molar-refractivity contribution in [3.63, 3.8) is 0 Å². The second-order valence-electron chi connectivity index (χ2n) is 8.49. The van der Waals surface area contributed by atoms with Gasteiger partial charge in [-0.1, -0.05) is 56.5 Å². The molecule has 2 heterocycles. The maximum absolute atomic E-state index is 13.1. The van der Waals surface area contributed by atoms with Crippen LogP contribution in [0.2, 0.25) is 0 Å². The Morgan fingerprint density at radius 3 is 2.76 bits per heavy atom. The molecule has 9 heteroatoms. The van der Waals surface area contributed by atoms with Crippen molar-refractivity contribution < 1.29 is 14.3 Å². The number of nitrogens with zero attached hydrogens (tertiary/aromatic N) is 3. The van der Waals surface area contributed by atoms with Gasteiger partial charge in [-0.3, -0.25) is 14.2 Å². The molecule has 2 aromatic carbocycles. The normalized spacial score (nSPS) is 11.2. The van der Waals surface area contributed by atoms with Crippen molar-refractivity contribution in [1.29, 1.82) is 0 Å². The van der Waals surface area contributed by atoms with Crippen molar-refractivity contribution in [2.24, 2.45) is 5.10 Å². The van der Waals surface area contributed by atoms with Crippen molar-refractivity contribution in [3.8, 4) is 22.6 Å². The average molecular weight is 519 g/mol. The number of carbonyl (C=O) groups excluding carboxylic acids is 1. The molecule has 2 aromatic heterocycles. The molecule has 0 atom stereocenters. The number of unbranched alkanes of at least 4 members (excludes halogenated alkanes) is 3. The van der Waals surface area contributed by atoms with Gasteiger partial charge in [-0.25, -0.2) is 10.4 Å². The van der Waals surface area contributed by atoms with Gasteiger partial charge in [-0.2, -0.15) is 5.10 Å². The molecule has 0 saturated heterocycles. The van der Waals surface area contributed by atoms with Crippen LogP contribution in [0.25, 0.3) is 21.3 Å². The molecule has 0 aliphatic carbocycles. The molecule has 0 aliphatic heterocycles. The fourth-order valence-electron chi connectivity index (χ4n) is 3.87. The first-order valence-electron chi connectivity index (χ1n) is 12.3. The highest BCUT2D eigenvalue weighted by Gasteiger charge is 2.14. The minimum atomic E-state index is -0.435. The molecule has 192 valence electrons. The van der Waals surface area contributed by atoms with Crippen LogP contribution in [0.3, 0.4) is 0 Å². The first kappa shape index (κ1) is 26.1. The molecule has 0 spiro atoms. The topological polar surface area (TPSA) is 94.8 Å². The van der Waals surface area contributed by atoms with Crippen LogP contribution in [-0.2, 0) is 11.3 Å². The Bertz CT molecular complexity index is 1430. The number of ether oxygens (including phenoxy) is 2. The third-order valence-corrected chi connectivity index (χ3v) is 6.69. The monoisotopic (exact) mass is 518 g/mol. The van der Waals surface area contributed by atoms with Gasteiger partial charge in [0.2, 0.25) is 0 Å². The molecule has 0 saturated carbocycles. The molecular formula is C28H30N4O4S. The summed E-state index contributed by atoms with van der Waals surface area (Å²) in [6, 6.07) is 15.1. The number of rotatable bonds is 12. The van der Waals surface area contributed by atoms with E-state index in [1.165, 1.54) is 41.3 Å². The molecular weight excluding hydrogens is 488 g/mol. The second-order valence-corrected chi connectivity index (χ2v) is 9.34. The van der Waals surface area contributed by atoms with E-state index in [0.29, 0.717) is 28.3 Å². The van der Waals surface area contributed by atoms with Gasteiger partial charge >= 0.3 is 0 Å². The third-order valence-electron chi connectivity index (χ3n) is 5.81. The summed E-state index contributed by atoms with van der Waals surface area (Å²) in [6.45, 7) is 2.62. The second kappa shape index (κ2) is 12.8. The van der Waals surface area contributed by atoms with Gasteiger partial charge in [0.15, 0.2) is 11.5 Å². The number of amides is 1. The summed E-state index contributed by atoms with van der Waals surface area (Å²) in [6.07, 6.45) is 7.43. The van der Waals surface area contributed by atoms with Gasteiger partial charge in [0, 0.05) is 10.9 Å². The minimum absolute atomic E-state index is 0.197. The van der Waals surface area contributed by atoms with Crippen molar-refractivity contribution >= 4 is 33.7 Å². The van der Waals surface area contributed by atoms with E-state index < -0.39 is 5.91 Å². The molecule has 37 heavy (non-hydrogen) atoms. The number of benzene rings is 2. The van der Waals surface area contributed by atoms with E-state index in [0.717, 1.165) is 29.5 Å².